The highest BCUT2D eigenvalue weighted by Crippen LogP contribution is 2.12. The first-order valence-electron chi connectivity index (χ1n) is 7.89. The van der Waals surface area contributed by atoms with E-state index in [0.29, 0.717) is 17.2 Å². The minimum absolute atomic E-state index is 0.204. The molecule has 0 aliphatic carbocycles. The second-order valence-corrected chi connectivity index (χ2v) is 5.56. The van der Waals surface area contributed by atoms with Crippen molar-refractivity contribution in [2.75, 3.05) is 5.32 Å². The number of carbonyl (C=O) groups excluding carboxylic acids is 2. The molecule has 0 saturated heterocycles. The molecule has 0 spiro atoms. The molecule has 2 heterocycles. The SMILES string of the molecule is C/C(=N\NC(=O)c1ccc(C)o1)c1ccc(NC(=O)c2ccco2)cc1. The number of benzene rings is 1. The number of rotatable bonds is 5. The minimum atomic E-state index is -0.417. The first kappa shape index (κ1) is 17.2. The third-order valence-corrected chi connectivity index (χ3v) is 3.59. The van der Waals surface area contributed by atoms with Crippen molar-refractivity contribution in [1.29, 1.82) is 0 Å². The van der Waals surface area contributed by atoms with E-state index in [1.54, 1.807) is 62.4 Å². The molecule has 132 valence electrons. The Balaban J connectivity index is 1.62. The zero-order valence-corrected chi connectivity index (χ0v) is 14.3. The molecule has 26 heavy (non-hydrogen) atoms. The normalized spacial score (nSPS) is 11.2. The van der Waals surface area contributed by atoms with Crippen molar-refractivity contribution < 1.29 is 18.4 Å². The quantitative estimate of drug-likeness (QED) is 0.542. The van der Waals surface area contributed by atoms with E-state index in [1.807, 2.05) is 0 Å². The summed E-state index contributed by atoms with van der Waals surface area (Å²) in [6, 6.07) is 13.6. The molecule has 7 heteroatoms. The molecular weight excluding hydrogens is 334 g/mol. The summed E-state index contributed by atoms with van der Waals surface area (Å²) in [6.07, 6.45) is 1.44. The highest BCUT2D eigenvalue weighted by molar-refractivity contribution is 6.03. The fourth-order valence-electron chi connectivity index (χ4n) is 2.21. The van der Waals surface area contributed by atoms with Gasteiger partial charge in [0, 0.05) is 5.69 Å². The number of hydrazone groups is 1. The molecule has 0 fully saturated rings. The number of amides is 2. The van der Waals surface area contributed by atoms with Gasteiger partial charge in [0.15, 0.2) is 11.5 Å². The minimum Gasteiger partial charge on any atom is -0.459 e. The van der Waals surface area contributed by atoms with Crippen LogP contribution in [0, 0.1) is 6.92 Å². The third-order valence-electron chi connectivity index (χ3n) is 3.59. The van der Waals surface area contributed by atoms with Gasteiger partial charge in [-0.15, -0.1) is 0 Å². The first-order valence-corrected chi connectivity index (χ1v) is 7.89. The molecule has 0 bridgehead atoms. The van der Waals surface area contributed by atoms with Gasteiger partial charge in [0.25, 0.3) is 5.91 Å². The van der Waals surface area contributed by atoms with Gasteiger partial charge in [-0.25, -0.2) is 5.43 Å². The van der Waals surface area contributed by atoms with Crippen molar-refractivity contribution in [3.63, 3.8) is 0 Å². The Hall–Kier alpha value is -3.61. The van der Waals surface area contributed by atoms with Crippen molar-refractivity contribution in [1.82, 2.24) is 5.43 Å². The molecule has 2 amide bonds. The molecule has 0 aliphatic rings. The molecule has 2 N–H and O–H groups in total. The summed E-state index contributed by atoms with van der Waals surface area (Å²) in [4.78, 5) is 23.8. The summed E-state index contributed by atoms with van der Waals surface area (Å²) in [5, 5.41) is 6.80. The standard InChI is InChI=1S/C19H17N3O4/c1-12-5-10-17(26-12)19(24)22-21-13(2)14-6-8-15(9-7-14)20-18(23)16-4-3-11-25-16/h3-11H,1-2H3,(H,20,23)(H,22,24)/b21-13+. The molecule has 1 aromatic carbocycles. The van der Waals surface area contributed by atoms with E-state index in [2.05, 4.69) is 15.8 Å². The van der Waals surface area contributed by atoms with Crippen LogP contribution in [-0.4, -0.2) is 17.5 Å². The van der Waals surface area contributed by atoms with Gasteiger partial charge in [-0.1, -0.05) is 12.1 Å². The Bertz CT molecular complexity index is 938. The van der Waals surface area contributed by atoms with E-state index in [0.717, 1.165) is 5.56 Å². The maximum Gasteiger partial charge on any atom is 0.307 e. The lowest BCUT2D eigenvalue weighted by atomic mass is 10.1. The van der Waals surface area contributed by atoms with E-state index in [1.165, 1.54) is 6.26 Å². The van der Waals surface area contributed by atoms with E-state index in [4.69, 9.17) is 8.83 Å². The summed E-state index contributed by atoms with van der Waals surface area (Å²) in [7, 11) is 0. The monoisotopic (exact) mass is 351 g/mol. The van der Waals surface area contributed by atoms with Crippen LogP contribution in [0.4, 0.5) is 5.69 Å². The maximum absolute atomic E-state index is 11.9. The highest BCUT2D eigenvalue weighted by Gasteiger charge is 2.10. The summed E-state index contributed by atoms with van der Waals surface area (Å²) in [6.45, 7) is 3.53. The third kappa shape index (κ3) is 4.07. The number of furan rings is 2. The summed E-state index contributed by atoms with van der Waals surface area (Å²) in [5.74, 6) is 0.356. The van der Waals surface area contributed by atoms with Crippen LogP contribution in [0.1, 0.15) is 39.4 Å². The maximum atomic E-state index is 11.9. The van der Waals surface area contributed by atoms with Crippen LogP contribution in [0.5, 0.6) is 0 Å². The van der Waals surface area contributed by atoms with Crippen LogP contribution >= 0.6 is 0 Å². The molecule has 0 atom stereocenters. The Kier molecular flexibility index (Phi) is 4.98. The molecule has 0 aliphatic heterocycles. The largest absolute Gasteiger partial charge is 0.459 e. The molecule has 2 aromatic heterocycles. The van der Waals surface area contributed by atoms with Gasteiger partial charge in [-0.2, -0.15) is 5.10 Å². The van der Waals surface area contributed by atoms with Crippen molar-refractivity contribution in [3.8, 4) is 0 Å². The molecule has 3 aromatic rings. The van der Waals surface area contributed by atoms with Gasteiger partial charge in [-0.3, -0.25) is 9.59 Å². The molecule has 0 unspecified atom stereocenters. The van der Waals surface area contributed by atoms with Gasteiger partial charge in [0.05, 0.1) is 12.0 Å². The predicted octanol–water partition coefficient (Wildman–Crippen LogP) is 3.59. The lowest BCUT2D eigenvalue weighted by Crippen LogP contribution is -2.18. The van der Waals surface area contributed by atoms with Crippen LogP contribution in [0.15, 0.2) is 68.7 Å². The number of anilines is 1. The number of hydrogen-bond acceptors (Lipinski definition) is 5. The fourth-order valence-corrected chi connectivity index (χ4v) is 2.21. The average molecular weight is 351 g/mol. The van der Waals surface area contributed by atoms with Gasteiger partial charge in [0.1, 0.15) is 5.76 Å². The van der Waals surface area contributed by atoms with Crippen LogP contribution in [0.3, 0.4) is 0 Å². The molecule has 0 saturated carbocycles. The summed E-state index contributed by atoms with van der Waals surface area (Å²) in [5.41, 5.74) is 4.49. The molecule has 0 radical (unpaired) electrons. The molecule has 7 nitrogen and oxygen atoms in total. The van der Waals surface area contributed by atoms with Gasteiger partial charge >= 0.3 is 5.91 Å². The molecular formula is C19H17N3O4. The van der Waals surface area contributed by atoms with E-state index >= 15 is 0 Å². The van der Waals surface area contributed by atoms with Gasteiger partial charge < -0.3 is 14.2 Å². The number of aryl methyl sites for hydroxylation is 1. The lowest BCUT2D eigenvalue weighted by Gasteiger charge is -2.05. The average Bonchev–Trinajstić information content (AvgIpc) is 3.31. The number of nitrogens with zero attached hydrogens (tertiary/aromatic N) is 1. The van der Waals surface area contributed by atoms with Gasteiger partial charge in [0.2, 0.25) is 0 Å². The van der Waals surface area contributed by atoms with Crippen LogP contribution in [0.2, 0.25) is 0 Å². The van der Waals surface area contributed by atoms with Gasteiger partial charge in [-0.05, 0) is 55.8 Å². The molecule has 3 rings (SSSR count). The smallest absolute Gasteiger partial charge is 0.307 e. The number of carbonyl (C=O) groups is 2. The van der Waals surface area contributed by atoms with Crippen molar-refractivity contribution >= 4 is 23.2 Å². The Morgan fingerprint density at radius 1 is 0.962 bits per heavy atom. The zero-order chi connectivity index (χ0) is 18.5. The van der Waals surface area contributed by atoms with E-state index in [-0.39, 0.29) is 17.4 Å². The highest BCUT2D eigenvalue weighted by atomic mass is 16.4. The van der Waals surface area contributed by atoms with E-state index in [9.17, 15) is 9.59 Å². The first-order chi connectivity index (χ1) is 12.5. The zero-order valence-electron chi connectivity index (χ0n) is 14.3. The van der Waals surface area contributed by atoms with Crippen molar-refractivity contribution in [2.45, 2.75) is 13.8 Å². The Morgan fingerprint density at radius 2 is 1.73 bits per heavy atom. The number of hydrogen-bond donors (Lipinski definition) is 2. The lowest BCUT2D eigenvalue weighted by molar-refractivity contribution is 0.0925. The van der Waals surface area contributed by atoms with Crippen LogP contribution < -0.4 is 10.7 Å². The summed E-state index contributed by atoms with van der Waals surface area (Å²) >= 11 is 0. The summed E-state index contributed by atoms with van der Waals surface area (Å²) < 4.78 is 10.3. The van der Waals surface area contributed by atoms with Crippen molar-refractivity contribution in [3.05, 3.63) is 77.6 Å². The number of nitrogens with one attached hydrogen (secondary N) is 2. The van der Waals surface area contributed by atoms with Crippen LogP contribution in [0.25, 0.3) is 0 Å². The second-order valence-electron chi connectivity index (χ2n) is 5.56. The fraction of sp³-hybridized carbons (Fsp3) is 0.105. The Labute approximate surface area is 149 Å². The van der Waals surface area contributed by atoms with Crippen molar-refractivity contribution in [2.24, 2.45) is 5.10 Å². The second kappa shape index (κ2) is 7.52. The predicted molar refractivity (Wildman–Crippen MR) is 96.2 cm³/mol. The topological polar surface area (TPSA) is 96.8 Å². The van der Waals surface area contributed by atoms with E-state index < -0.39 is 5.91 Å². The van der Waals surface area contributed by atoms with Crippen LogP contribution in [-0.2, 0) is 0 Å². The Morgan fingerprint density at radius 3 is 2.35 bits per heavy atom.